The fourth-order valence-corrected chi connectivity index (χ4v) is 5.10. The van der Waals surface area contributed by atoms with Gasteiger partial charge in [0.1, 0.15) is 17.5 Å². The van der Waals surface area contributed by atoms with Gasteiger partial charge in [-0.25, -0.2) is 19.9 Å². The number of hydrogen-bond acceptors (Lipinski definition) is 9. The van der Waals surface area contributed by atoms with Gasteiger partial charge in [-0.15, -0.1) is 0 Å². The summed E-state index contributed by atoms with van der Waals surface area (Å²) in [5.74, 6) is 2.81. The van der Waals surface area contributed by atoms with Crippen molar-refractivity contribution >= 4 is 23.3 Å². The molecule has 1 aliphatic carbocycles. The average molecular weight is 394 g/mol. The molecule has 2 aromatic heterocycles. The highest BCUT2D eigenvalue weighted by molar-refractivity contribution is 5.86. The summed E-state index contributed by atoms with van der Waals surface area (Å²) in [7, 11) is 0. The number of nitrogen functional groups attached to an aromatic ring is 1. The van der Waals surface area contributed by atoms with E-state index in [9.17, 15) is 0 Å². The third kappa shape index (κ3) is 2.49. The number of nitrogens with one attached hydrogen (secondary N) is 1. The zero-order valence-corrected chi connectivity index (χ0v) is 16.9. The van der Waals surface area contributed by atoms with E-state index in [2.05, 4.69) is 38.9 Å². The summed E-state index contributed by atoms with van der Waals surface area (Å²) < 4.78 is 6.04. The normalized spacial score (nSPS) is 25.7. The van der Waals surface area contributed by atoms with Gasteiger partial charge in [-0.3, -0.25) is 0 Å². The number of fused-ring (bicyclic) bond motifs is 3. The van der Waals surface area contributed by atoms with Crippen LogP contribution in [0.25, 0.3) is 11.4 Å². The van der Waals surface area contributed by atoms with Crippen molar-refractivity contribution in [2.24, 2.45) is 5.41 Å². The van der Waals surface area contributed by atoms with E-state index in [-0.39, 0.29) is 17.7 Å². The molecule has 9 nitrogen and oxygen atoms in total. The van der Waals surface area contributed by atoms with Crippen LogP contribution in [0.5, 0.6) is 0 Å². The Hall–Kier alpha value is -2.68. The van der Waals surface area contributed by atoms with E-state index in [1.807, 2.05) is 0 Å². The lowest BCUT2D eigenvalue weighted by Crippen LogP contribution is -2.60. The van der Waals surface area contributed by atoms with Crippen LogP contribution in [-0.2, 0) is 4.74 Å². The molecule has 9 heteroatoms. The molecule has 3 N–H and O–H groups in total. The molecule has 0 aromatic carbocycles. The fraction of sp³-hybridized carbons (Fsp3) is 0.600. The number of hydrogen-bond donors (Lipinski definition) is 2. The van der Waals surface area contributed by atoms with Crippen LogP contribution in [0, 0.1) is 5.41 Å². The summed E-state index contributed by atoms with van der Waals surface area (Å²) in [5, 5.41) is 3.68. The molecular weight excluding hydrogens is 368 g/mol. The molecule has 4 aliphatic rings. The molecule has 1 spiro atoms. The molecule has 2 saturated heterocycles. The number of rotatable bonds is 2. The first-order chi connectivity index (χ1) is 13.9. The van der Waals surface area contributed by atoms with E-state index >= 15 is 0 Å². The first-order valence-corrected chi connectivity index (χ1v) is 10.4. The van der Waals surface area contributed by atoms with Crippen molar-refractivity contribution in [3.8, 4) is 11.4 Å². The minimum Gasteiger partial charge on any atom is -0.370 e. The van der Waals surface area contributed by atoms with E-state index in [1.54, 1.807) is 12.4 Å². The Morgan fingerprint density at radius 2 is 1.86 bits per heavy atom. The van der Waals surface area contributed by atoms with Gasteiger partial charge in [0.05, 0.1) is 12.2 Å². The standard InChI is InChI=1S/C20H26N8O/c1-19(2)17-24-13-15(27-10-20(11-27)4-3-5-20)25-14(12-8-22-18(21)23-9-12)26-16(13)28(17)6-7-29-19/h8-9,17,24H,3-7,10-11H2,1-2H3,(H2,21,22,23). The lowest BCUT2D eigenvalue weighted by atomic mass is 9.63. The summed E-state index contributed by atoms with van der Waals surface area (Å²) in [5.41, 5.74) is 7.66. The second-order valence-electron chi connectivity index (χ2n) is 9.30. The Morgan fingerprint density at radius 1 is 1.14 bits per heavy atom. The van der Waals surface area contributed by atoms with Crippen molar-refractivity contribution in [2.75, 3.05) is 47.1 Å². The predicted octanol–water partition coefficient (Wildman–Crippen LogP) is 1.87. The predicted molar refractivity (Wildman–Crippen MR) is 111 cm³/mol. The molecule has 0 bridgehead atoms. The van der Waals surface area contributed by atoms with E-state index in [0.717, 1.165) is 42.5 Å². The Balaban J connectivity index is 1.44. The molecule has 6 rings (SSSR count). The Labute approximate surface area is 169 Å². The number of morpholine rings is 1. The number of nitrogens with two attached hydrogens (primary N) is 1. The van der Waals surface area contributed by atoms with Gasteiger partial charge in [0.15, 0.2) is 17.5 Å². The van der Waals surface area contributed by atoms with Gasteiger partial charge in [-0.2, -0.15) is 0 Å². The van der Waals surface area contributed by atoms with E-state index in [1.165, 1.54) is 19.3 Å². The molecule has 2 aromatic rings. The second-order valence-corrected chi connectivity index (χ2v) is 9.30. The van der Waals surface area contributed by atoms with Crippen LogP contribution in [0.2, 0.25) is 0 Å². The molecule has 0 amide bonds. The minimum atomic E-state index is -0.315. The maximum atomic E-state index is 6.04. The second kappa shape index (κ2) is 5.69. The molecular formula is C20H26N8O. The van der Waals surface area contributed by atoms with Gasteiger partial charge in [-0.05, 0) is 26.7 Å². The number of anilines is 4. The van der Waals surface area contributed by atoms with Crippen LogP contribution >= 0.6 is 0 Å². The SMILES string of the molecule is CC1(C)OCCN2c3nc(-c4cnc(N)nc4)nc(N4CC5(CCC5)C4)c3NC21. The van der Waals surface area contributed by atoms with Gasteiger partial charge < -0.3 is 25.6 Å². The van der Waals surface area contributed by atoms with Gasteiger partial charge in [0, 0.05) is 37.4 Å². The fourth-order valence-electron chi connectivity index (χ4n) is 5.10. The quantitative estimate of drug-likeness (QED) is 0.789. The number of ether oxygens (including phenoxy) is 1. The number of aromatic nitrogens is 4. The molecule has 3 fully saturated rings. The summed E-state index contributed by atoms with van der Waals surface area (Å²) in [6, 6.07) is 0. The molecule has 0 radical (unpaired) electrons. The van der Waals surface area contributed by atoms with Crippen LogP contribution in [-0.4, -0.2) is 57.9 Å². The van der Waals surface area contributed by atoms with Gasteiger partial charge in [0.25, 0.3) is 0 Å². The van der Waals surface area contributed by atoms with Crippen LogP contribution in [0.4, 0.5) is 23.3 Å². The van der Waals surface area contributed by atoms with Gasteiger partial charge in [-0.1, -0.05) is 6.42 Å². The van der Waals surface area contributed by atoms with E-state index in [4.69, 9.17) is 20.4 Å². The largest absolute Gasteiger partial charge is 0.370 e. The average Bonchev–Trinajstić information content (AvgIpc) is 3.00. The van der Waals surface area contributed by atoms with Crippen molar-refractivity contribution in [1.82, 2.24) is 19.9 Å². The summed E-state index contributed by atoms with van der Waals surface area (Å²) in [4.78, 5) is 22.8. The molecule has 3 aliphatic heterocycles. The van der Waals surface area contributed by atoms with Gasteiger partial charge >= 0.3 is 0 Å². The van der Waals surface area contributed by atoms with Crippen molar-refractivity contribution in [1.29, 1.82) is 0 Å². The molecule has 1 unspecified atom stereocenters. The molecule has 1 atom stereocenters. The molecule has 29 heavy (non-hydrogen) atoms. The van der Waals surface area contributed by atoms with Crippen LogP contribution in [0.1, 0.15) is 33.1 Å². The zero-order valence-electron chi connectivity index (χ0n) is 16.9. The number of nitrogens with zero attached hydrogens (tertiary/aromatic N) is 6. The zero-order chi connectivity index (χ0) is 19.8. The van der Waals surface area contributed by atoms with Crippen LogP contribution in [0.3, 0.4) is 0 Å². The Morgan fingerprint density at radius 3 is 2.55 bits per heavy atom. The Kier molecular flexibility index (Phi) is 3.37. The van der Waals surface area contributed by atoms with Crippen LogP contribution in [0.15, 0.2) is 12.4 Å². The summed E-state index contributed by atoms with van der Waals surface area (Å²) in [6.45, 7) is 7.86. The van der Waals surface area contributed by atoms with Crippen molar-refractivity contribution in [3.05, 3.63) is 12.4 Å². The first kappa shape index (κ1) is 17.2. The van der Waals surface area contributed by atoms with Gasteiger partial charge in [0.2, 0.25) is 5.95 Å². The third-order valence-electron chi connectivity index (χ3n) is 6.90. The highest BCUT2D eigenvalue weighted by Gasteiger charge is 2.51. The third-order valence-corrected chi connectivity index (χ3v) is 6.90. The van der Waals surface area contributed by atoms with Crippen molar-refractivity contribution in [2.45, 2.75) is 44.9 Å². The molecule has 5 heterocycles. The highest BCUT2D eigenvalue weighted by atomic mass is 16.5. The minimum absolute atomic E-state index is 0.0381. The lowest BCUT2D eigenvalue weighted by Gasteiger charge is -2.56. The van der Waals surface area contributed by atoms with E-state index in [0.29, 0.717) is 17.8 Å². The van der Waals surface area contributed by atoms with Crippen LogP contribution < -0.4 is 20.9 Å². The summed E-state index contributed by atoms with van der Waals surface area (Å²) >= 11 is 0. The van der Waals surface area contributed by atoms with Crippen molar-refractivity contribution in [3.63, 3.8) is 0 Å². The monoisotopic (exact) mass is 394 g/mol. The maximum absolute atomic E-state index is 6.04. The molecule has 1 saturated carbocycles. The summed E-state index contributed by atoms with van der Waals surface area (Å²) in [6.07, 6.45) is 7.44. The first-order valence-electron chi connectivity index (χ1n) is 10.4. The maximum Gasteiger partial charge on any atom is 0.219 e. The van der Waals surface area contributed by atoms with Crippen molar-refractivity contribution < 1.29 is 4.74 Å². The topological polar surface area (TPSA) is 105 Å². The lowest BCUT2D eigenvalue weighted by molar-refractivity contribution is -0.0489. The Bertz CT molecular complexity index is 963. The smallest absolute Gasteiger partial charge is 0.219 e. The van der Waals surface area contributed by atoms with E-state index < -0.39 is 0 Å². The highest BCUT2D eigenvalue weighted by Crippen LogP contribution is 2.52. The molecule has 152 valence electrons.